The van der Waals surface area contributed by atoms with Gasteiger partial charge in [0, 0.05) is 17.4 Å². The first-order chi connectivity index (χ1) is 10.1. The monoisotopic (exact) mass is 324 g/mol. The molecule has 0 aliphatic heterocycles. The molecular weight excluding hydrogens is 318 g/mol. The molecule has 0 aliphatic rings. The number of hydrogen-bond acceptors (Lipinski definition) is 5. The minimum absolute atomic E-state index is 0.0413. The van der Waals surface area contributed by atoms with Crippen LogP contribution in [0.1, 0.15) is 0 Å². The third kappa shape index (κ3) is 3.09. The second-order valence-corrected chi connectivity index (χ2v) is 4.70. The van der Waals surface area contributed by atoms with Crippen LogP contribution in [0.3, 0.4) is 0 Å². The topological polar surface area (TPSA) is 68.5 Å². The Bertz CT molecular complexity index is 777. The number of nitrogens with zero attached hydrogens (tertiary/aromatic N) is 5. The highest BCUT2D eigenvalue weighted by atomic mass is 35.5. The summed E-state index contributed by atoms with van der Waals surface area (Å²) in [6.45, 7) is 0. The molecule has 0 saturated heterocycles. The molecule has 0 fully saturated rings. The van der Waals surface area contributed by atoms with Crippen LogP contribution in [0, 0.1) is 5.82 Å². The lowest BCUT2D eigenvalue weighted by atomic mass is 10.3. The molecule has 3 aromatic rings. The van der Waals surface area contributed by atoms with Crippen LogP contribution in [0.15, 0.2) is 36.7 Å². The Kier molecular flexibility index (Phi) is 3.68. The highest BCUT2D eigenvalue weighted by molar-refractivity contribution is 6.30. The predicted molar refractivity (Wildman–Crippen MR) is 76.7 cm³/mol. The molecule has 9 heteroatoms. The minimum atomic E-state index is -0.489. The van der Waals surface area contributed by atoms with Crippen molar-refractivity contribution in [2.45, 2.75) is 0 Å². The van der Waals surface area contributed by atoms with Crippen LogP contribution in [0.5, 0.6) is 0 Å². The number of aromatic nitrogens is 5. The number of halogens is 3. The highest BCUT2D eigenvalue weighted by Crippen LogP contribution is 2.22. The summed E-state index contributed by atoms with van der Waals surface area (Å²) in [6, 6.07) is 5.81. The van der Waals surface area contributed by atoms with Crippen molar-refractivity contribution in [3.8, 4) is 5.95 Å². The Morgan fingerprint density at radius 2 is 2.00 bits per heavy atom. The first kappa shape index (κ1) is 13.7. The predicted octanol–water partition coefficient (Wildman–Crippen LogP) is 3.25. The molecule has 0 bridgehead atoms. The largest absolute Gasteiger partial charge is 0.321 e. The van der Waals surface area contributed by atoms with Crippen LogP contribution >= 0.6 is 23.2 Å². The fraction of sp³-hybridized carbons (Fsp3) is 0. The van der Waals surface area contributed by atoms with Gasteiger partial charge in [0.15, 0.2) is 0 Å². The van der Waals surface area contributed by atoms with Crippen molar-refractivity contribution in [2.75, 3.05) is 5.32 Å². The Hall–Kier alpha value is -2.25. The molecule has 0 aliphatic carbocycles. The van der Waals surface area contributed by atoms with E-state index in [9.17, 15) is 4.39 Å². The average Bonchev–Trinajstić information content (AvgIpc) is 2.96. The normalized spacial score (nSPS) is 10.6. The van der Waals surface area contributed by atoms with Gasteiger partial charge in [0.25, 0.3) is 5.95 Å². The van der Waals surface area contributed by atoms with Crippen LogP contribution in [0.4, 0.5) is 16.0 Å². The number of anilines is 2. The van der Waals surface area contributed by atoms with E-state index in [1.807, 2.05) is 0 Å². The third-order valence-electron chi connectivity index (χ3n) is 2.48. The summed E-state index contributed by atoms with van der Waals surface area (Å²) in [6.07, 6.45) is 3.22. The van der Waals surface area contributed by atoms with E-state index in [1.54, 1.807) is 18.5 Å². The molecule has 0 unspecified atom stereocenters. The lowest BCUT2D eigenvalue weighted by Crippen LogP contribution is -2.07. The second-order valence-electron chi connectivity index (χ2n) is 3.93. The van der Waals surface area contributed by atoms with Crippen LogP contribution in [0.25, 0.3) is 5.95 Å². The summed E-state index contributed by atoms with van der Waals surface area (Å²) in [5, 5.41) is 7.04. The summed E-state index contributed by atoms with van der Waals surface area (Å²) < 4.78 is 15.1. The number of hydrogen-bond donors (Lipinski definition) is 1. The number of nitrogens with one attached hydrogen (secondary N) is 1. The first-order valence-electron chi connectivity index (χ1n) is 5.75. The van der Waals surface area contributed by atoms with Gasteiger partial charge in [0.2, 0.25) is 11.2 Å². The van der Waals surface area contributed by atoms with E-state index in [-0.39, 0.29) is 22.9 Å². The molecule has 0 spiro atoms. The zero-order valence-electron chi connectivity index (χ0n) is 10.3. The number of benzene rings is 1. The van der Waals surface area contributed by atoms with Gasteiger partial charge in [-0.3, -0.25) is 0 Å². The molecule has 0 saturated carbocycles. The molecule has 0 radical (unpaired) electrons. The highest BCUT2D eigenvalue weighted by Gasteiger charge is 2.10. The summed E-state index contributed by atoms with van der Waals surface area (Å²) in [4.78, 5) is 11.9. The molecule has 1 N–H and O–H groups in total. The van der Waals surface area contributed by atoms with E-state index in [1.165, 1.54) is 22.9 Å². The first-order valence-corrected chi connectivity index (χ1v) is 6.51. The maximum Gasteiger partial charge on any atom is 0.256 e. The van der Waals surface area contributed by atoms with Gasteiger partial charge in [-0.15, -0.1) is 0 Å². The van der Waals surface area contributed by atoms with Crippen molar-refractivity contribution in [1.82, 2.24) is 24.7 Å². The van der Waals surface area contributed by atoms with Gasteiger partial charge in [-0.2, -0.15) is 20.1 Å². The smallest absolute Gasteiger partial charge is 0.256 e. The van der Waals surface area contributed by atoms with E-state index in [4.69, 9.17) is 23.2 Å². The Morgan fingerprint density at radius 3 is 2.76 bits per heavy atom. The van der Waals surface area contributed by atoms with E-state index in [0.717, 1.165) is 0 Å². The lowest BCUT2D eigenvalue weighted by Gasteiger charge is -2.08. The van der Waals surface area contributed by atoms with Crippen molar-refractivity contribution in [3.63, 3.8) is 0 Å². The van der Waals surface area contributed by atoms with Gasteiger partial charge >= 0.3 is 0 Å². The van der Waals surface area contributed by atoms with Crippen LogP contribution in [0.2, 0.25) is 10.3 Å². The molecule has 2 aromatic heterocycles. The standard InChI is InChI=1S/C12H7Cl2FN6/c13-7-2-3-8(15)9(6-7)17-11-18-10(14)19-12(20-11)21-5-1-4-16-21/h1-6H,(H,17,18,19,20). The maximum absolute atomic E-state index is 13.7. The van der Waals surface area contributed by atoms with Crippen molar-refractivity contribution in [2.24, 2.45) is 0 Å². The maximum atomic E-state index is 13.7. The zero-order valence-corrected chi connectivity index (χ0v) is 11.8. The Labute approximate surface area is 128 Å². The molecule has 21 heavy (non-hydrogen) atoms. The van der Waals surface area contributed by atoms with Gasteiger partial charge < -0.3 is 5.32 Å². The van der Waals surface area contributed by atoms with Crippen molar-refractivity contribution >= 4 is 34.8 Å². The van der Waals surface area contributed by atoms with Gasteiger partial charge in [0.1, 0.15) is 5.82 Å². The molecule has 6 nitrogen and oxygen atoms in total. The summed E-state index contributed by atoms with van der Waals surface area (Å²) in [5.41, 5.74) is 0.135. The van der Waals surface area contributed by atoms with Gasteiger partial charge in [0.05, 0.1) is 5.69 Å². The van der Waals surface area contributed by atoms with Crippen LogP contribution in [-0.4, -0.2) is 24.7 Å². The molecular formula is C12H7Cl2FN6. The van der Waals surface area contributed by atoms with E-state index in [0.29, 0.717) is 5.02 Å². The summed E-state index contributed by atoms with van der Waals surface area (Å²) in [5.74, 6) is -0.192. The van der Waals surface area contributed by atoms with E-state index in [2.05, 4.69) is 25.4 Å². The fourth-order valence-corrected chi connectivity index (χ4v) is 1.93. The molecule has 106 valence electrons. The molecule has 1 aromatic carbocycles. The number of rotatable bonds is 3. The lowest BCUT2D eigenvalue weighted by molar-refractivity contribution is 0.631. The van der Waals surface area contributed by atoms with E-state index < -0.39 is 5.82 Å². The Balaban J connectivity index is 1.97. The molecule has 3 rings (SSSR count). The van der Waals surface area contributed by atoms with Crippen LogP contribution < -0.4 is 5.32 Å². The fourth-order valence-electron chi connectivity index (χ4n) is 1.60. The van der Waals surface area contributed by atoms with Crippen LogP contribution in [-0.2, 0) is 0 Å². The molecule has 2 heterocycles. The van der Waals surface area contributed by atoms with Crippen molar-refractivity contribution < 1.29 is 4.39 Å². The summed E-state index contributed by atoms with van der Waals surface area (Å²) >= 11 is 11.7. The van der Waals surface area contributed by atoms with Crippen molar-refractivity contribution in [1.29, 1.82) is 0 Å². The van der Waals surface area contributed by atoms with Crippen molar-refractivity contribution in [3.05, 3.63) is 52.8 Å². The second kappa shape index (κ2) is 5.63. The Morgan fingerprint density at radius 1 is 1.14 bits per heavy atom. The quantitative estimate of drug-likeness (QED) is 0.800. The zero-order chi connectivity index (χ0) is 14.8. The van der Waals surface area contributed by atoms with Gasteiger partial charge in [-0.1, -0.05) is 11.6 Å². The van der Waals surface area contributed by atoms with Gasteiger partial charge in [-0.05, 0) is 35.9 Å². The molecule has 0 amide bonds. The third-order valence-corrected chi connectivity index (χ3v) is 2.88. The molecule has 0 atom stereocenters. The van der Waals surface area contributed by atoms with Gasteiger partial charge in [-0.25, -0.2) is 9.07 Å². The van der Waals surface area contributed by atoms with E-state index >= 15 is 0 Å². The minimum Gasteiger partial charge on any atom is -0.321 e. The summed E-state index contributed by atoms with van der Waals surface area (Å²) in [7, 11) is 0. The average molecular weight is 325 g/mol. The SMILES string of the molecule is Fc1ccc(Cl)cc1Nc1nc(Cl)nc(-n2cccn2)n1.